The Labute approximate surface area is 174 Å². The fourth-order valence-corrected chi connectivity index (χ4v) is 3.35. The topological polar surface area (TPSA) is 117 Å². The predicted octanol–water partition coefficient (Wildman–Crippen LogP) is 0.253. The number of nitrogens with one attached hydrogen (secondary N) is 2. The molecule has 162 valence electrons. The van der Waals surface area contributed by atoms with E-state index in [-0.39, 0.29) is 25.7 Å². The Bertz CT molecular complexity index is 873. The van der Waals surface area contributed by atoms with Gasteiger partial charge in [0, 0.05) is 20.0 Å². The number of fused-ring (bicyclic) bond motifs is 1. The van der Waals surface area contributed by atoms with Crippen molar-refractivity contribution >= 4 is 23.8 Å². The van der Waals surface area contributed by atoms with Gasteiger partial charge in [-0.15, -0.1) is 0 Å². The molecule has 2 N–H and O–H groups in total. The summed E-state index contributed by atoms with van der Waals surface area (Å²) in [5.74, 6) is -0.0795. The fraction of sp³-hybridized carbons (Fsp3) is 0.500. The number of amides is 5. The van der Waals surface area contributed by atoms with Gasteiger partial charge in [-0.1, -0.05) is 13.0 Å². The molecule has 0 bridgehead atoms. The summed E-state index contributed by atoms with van der Waals surface area (Å²) in [5, 5.41) is 5.35. The first-order chi connectivity index (χ1) is 14.2. The molecule has 0 unspecified atom stereocenters. The Balaban J connectivity index is 1.62. The van der Waals surface area contributed by atoms with Crippen LogP contribution in [0.4, 0.5) is 4.79 Å². The SMILES string of the molecule is CCCNC(=O)CN(C)C(=O)CN1C(=O)N[C@](C)(Cc2ccc3c(c2)OCO3)C1=O. The molecule has 0 radical (unpaired) electrons. The van der Waals surface area contributed by atoms with Crippen molar-refractivity contribution in [1.82, 2.24) is 20.4 Å². The maximum absolute atomic E-state index is 12.9. The number of hydrogen-bond donors (Lipinski definition) is 2. The van der Waals surface area contributed by atoms with Crippen molar-refractivity contribution in [2.45, 2.75) is 32.2 Å². The van der Waals surface area contributed by atoms with E-state index in [9.17, 15) is 19.2 Å². The molecular formula is C20H26N4O6. The van der Waals surface area contributed by atoms with Crippen LogP contribution in [0.5, 0.6) is 11.5 Å². The van der Waals surface area contributed by atoms with Crippen LogP contribution in [0.1, 0.15) is 25.8 Å². The van der Waals surface area contributed by atoms with Crippen molar-refractivity contribution in [3.8, 4) is 11.5 Å². The Morgan fingerprint density at radius 2 is 2.00 bits per heavy atom. The van der Waals surface area contributed by atoms with E-state index in [1.54, 1.807) is 25.1 Å². The summed E-state index contributed by atoms with van der Waals surface area (Å²) in [6, 6.07) is 4.68. The standard InChI is InChI=1S/C20H26N4O6/c1-4-7-21-16(25)10-23(3)17(26)11-24-18(27)20(2,22-19(24)28)9-13-5-6-14-15(8-13)30-12-29-14/h5-6,8H,4,7,9-12H2,1-3H3,(H,21,25)(H,22,28)/t20-/m1/s1. The van der Waals surface area contributed by atoms with E-state index in [0.29, 0.717) is 18.0 Å². The highest BCUT2D eigenvalue weighted by Crippen LogP contribution is 2.34. The number of carbonyl (C=O) groups is 4. The first kappa shape index (κ1) is 21.4. The van der Waals surface area contributed by atoms with Crippen LogP contribution in [0.25, 0.3) is 0 Å². The lowest BCUT2D eigenvalue weighted by atomic mass is 9.92. The molecule has 0 saturated carbocycles. The summed E-state index contributed by atoms with van der Waals surface area (Å²) in [6.45, 7) is 3.63. The lowest BCUT2D eigenvalue weighted by Gasteiger charge is -2.23. The molecule has 2 aliphatic rings. The molecule has 0 aromatic heterocycles. The Morgan fingerprint density at radius 1 is 1.27 bits per heavy atom. The number of benzene rings is 1. The smallest absolute Gasteiger partial charge is 0.325 e. The zero-order chi connectivity index (χ0) is 21.9. The molecule has 0 spiro atoms. The molecule has 0 aliphatic carbocycles. The average Bonchev–Trinajstić information content (AvgIpc) is 3.24. The molecule has 2 aliphatic heterocycles. The van der Waals surface area contributed by atoms with Gasteiger partial charge in [-0.2, -0.15) is 0 Å². The van der Waals surface area contributed by atoms with Gasteiger partial charge in [0.15, 0.2) is 11.5 Å². The van der Waals surface area contributed by atoms with Gasteiger partial charge < -0.3 is 25.0 Å². The van der Waals surface area contributed by atoms with Crippen molar-refractivity contribution in [3.05, 3.63) is 23.8 Å². The molecule has 5 amide bonds. The van der Waals surface area contributed by atoms with Gasteiger partial charge in [-0.25, -0.2) is 4.79 Å². The third-order valence-electron chi connectivity index (χ3n) is 5.01. The number of nitrogens with zero attached hydrogens (tertiary/aromatic N) is 2. The van der Waals surface area contributed by atoms with Gasteiger partial charge in [-0.3, -0.25) is 19.3 Å². The summed E-state index contributed by atoms with van der Waals surface area (Å²) in [6.07, 6.45) is 1.02. The number of carbonyl (C=O) groups excluding carboxylic acids is 4. The molecule has 10 heteroatoms. The largest absolute Gasteiger partial charge is 0.454 e. The van der Waals surface area contributed by atoms with Crippen molar-refractivity contribution in [2.24, 2.45) is 0 Å². The van der Waals surface area contributed by atoms with Crippen LogP contribution < -0.4 is 20.1 Å². The van der Waals surface area contributed by atoms with E-state index in [2.05, 4.69) is 10.6 Å². The molecular weight excluding hydrogens is 392 g/mol. The van der Waals surface area contributed by atoms with Gasteiger partial charge in [0.2, 0.25) is 18.6 Å². The second-order valence-electron chi connectivity index (χ2n) is 7.62. The van der Waals surface area contributed by atoms with E-state index in [1.807, 2.05) is 6.92 Å². The van der Waals surface area contributed by atoms with Crippen LogP contribution in [0.2, 0.25) is 0 Å². The van der Waals surface area contributed by atoms with Crippen molar-refractivity contribution < 1.29 is 28.7 Å². The van der Waals surface area contributed by atoms with Crippen LogP contribution in [0.15, 0.2) is 18.2 Å². The van der Waals surface area contributed by atoms with E-state index < -0.39 is 29.9 Å². The lowest BCUT2D eigenvalue weighted by molar-refractivity contribution is -0.139. The summed E-state index contributed by atoms with van der Waals surface area (Å²) in [4.78, 5) is 51.6. The van der Waals surface area contributed by atoms with Crippen LogP contribution in [0.3, 0.4) is 0 Å². The summed E-state index contributed by atoms with van der Waals surface area (Å²) < 4.78 is 10.6. The maximum atomic E-state index is 12.9. The quantitative estimate of drug-likeness (QED) is 0.585. The first-order valence-corrected chi connectivity index (χ1v) is 9.77. The Hall–Kier alpha value is -3.30. The van der Waals surface area contributed by atoms with E-state index in [1.165, 1.54) is 11.9 Å². The Morgan fingerprint density at radius 3 is 2.73 bits per heavy atom. The molecule has 1 atom stereocenters. The number of urea groups is 1. The van der Waals surface area contributed by atoms with E-state index in [0.717, 1.165) is 16.9 Å². The van der Waals surface area contributed by atoms with Crippen molar-refractivity contribution in [1.29, 1.82) is 0 Å². The summed E-state index contributed by atoms with van der Waals surface area (Å²) >= 11 is 0. The molecule has 3 rings (SSSR count). The zero-order valence-corrected chi connectivity index (χ0v) is 17.3. The highest BCUT2D eigenvalue weighted by molar-refractivity contribution is 6.09. The number of ether oxygens (including phenoxy) is 2. The molecule has 10 nitrogen and oxygen atoms in total. The minimum atomic E-state index is -1.19. The second kappa shape index (κ2) is 8.60. The maximum Gasteiger partial charge on any atom is 0.325 e. The number of hydrogen-bond acceptors (Lipinski definition) is 6. The third kappa shape index (κ3) is 4.47. The lowest BCUT2D eigenvalue weighted by Crippen LogP contribution is -2.47. The first-order valence-electron chi connectivity index (χ1n) is 9.77. The van der Waals surface area contributed by atoms with Gasteiger partial charge in [0.25, 0.3) is 5.91 Å². The second-order valence-corrected chi connectivity index (χ2v) is 7.62. The highest BCUT2D eigenvalue weighted by atomic mass is 16.7. The molecule has 1 fully saturated rings. The van der Waals surface area contributed by atoms with E-state index >= 15 is 0 Å². The van der Waals surface area contributed by atoms with Crippen LogP contribution >= 0.6 is 0 Å². The Kier molecular flexibility index (Phi) is 6.14. The molecule has 1 aromatic rings. The normalized spacial score (nSPS) is 19.6. The summed E-state index contributed by atoms with van der Waals surface area (Å²) in [5.41, 5.74) is -0.407. The third-order valence-corrected chi connectivity index (χ3v) is 5.01. The monoisotopic (exact) mass is 418 g/mol. The summed E-state index contributed by atoms with van der Waals surface area (Å²) in [7, 11) is 1.46. The number of likely N-dealkylation sites (N-methyl/N-ethyl adjacent to an activating group) is 1. The van der Waals surface area contributed by atoms with Crippen LogP contribution in [-0.4, -0.2) is 72.6 Å². The highest BCUT2D eigenvalue weighted by Gasteiger charge is 2.48. The average molecular weight is 418 g/mol. The molecule has 1 saturated heterocycles. The molecule has 30 heavy (non-hydrogen) atoms. The minimum absolute atomic E-state index is 0.142. The molecule has 2 heterocycles. The van der Waals surface area contributed by atoms with Crippen molar-refractivity contribution in [3.63, 3.8) is 0 Å². The van der Waals surface area contributed by atoms with E-state index in [4.69, 9.17) is 9.47 Å². The number of imide groups is 1. The van der Waals surface area contributed by atoms with Gasteiger partial charge >= 0.3 is 6.03 Å². The molecule has 1 aromatic carbocycles. The van der Waals surface area contributed by atoms with Crippen molar-refractivity contribution in [2.75, 3.05) is 33.5 Å². The van der Waals surface area contributed by atoms with Crippen LogP contribution in [-0.2, 0) is 20.8 Å². The number of rotatable bonds is 8. The van der Waals surface area contributed by atoms with Gasteiger partial charge in [0.1, 0.15) is 12.1 Å². The fourth-order valence-electron chi connectivity index (χ4n) is 3.35. The zero-order valence-electron chi connectivity index (χ0n) is 17.3. The van der Waals surface area contributed by atoms with Gasteiger partial charge in [0.05, 0.1) is 6.54 Å². The predicted molar refractivity (Wildman–Crippen MR) is 106 cm³/mol. The van der Waals surface area contributed by atoms with Crippen LogP contribution in [0, 0.1) is 0 Å². The minimum Gasteiger partial charge on any atom is -0.454 e. The van der Waals surface area contributed by atoms with Gasteiger partial charge in [-0.05, 0) is 31.0 Å².